The molecule has 27 heavy (non-hydrogen) atoms. The third-order valence-electron chi connectivity index (χ3n) is 5.18. The molecule has 6 nitrogen and oxygen atoms in total. The van der Waals surface area contributed by atoms with Crippen molar-refractivity contribution in [1.82, 2.24) is 25.0 Å². The van der Waals surface area contributed by atoms with E-state index in [9.17, 15) is 4.79 Å². The normalized spacial score (nSPS) is 17.8. The van der Waals surface area contributed by atoms with Crippen molar-refractivity contribution in [3.63, 3.8) is 0 Å². The third kappa shape index (κ3) is 3.37. The van der Waals surface area contributed by atoms with E-state index in [1.165, 1.54) is 0 Å². The summed E-state index contributed by atoms with van der Waals surface area (Å²) in [6, 6.07) is 6.53. The summed E-state index contributed by atoms with van der Waals surface area (Å²) in [4.78, 5) is 21.3. The first-order valence-electron chi connectivity index (χ1n) is 9.47. The summed E-state index contributed by atoms with van der Waals surface area (Å²) in [6.45, 7) is 5.70. The maximum absolute atomic E-state index is 13.4. The molecule has 7 heteroatoms. The largest absolute Gasteiger partial charge is 0.337 e. The van der Waals surface area contributed by atoms with Crippen LogP contribution < -0.4 is 5.32 Å². The first-order valence-corrected chi connectivity index (χ1v) is 10.3. The molecule has 0 aromatic carbocycles. The van der Waals surface area contributed by atoms with Crippen molar-refractivity contribution >= 4 is 28.3 Å². The first kappa shape index (κ1) is 18.1. The number of hydrogen-bond acceptors (Lipinski definition) is 5. The lowest BCUT2D eigenvalue weighted by molar-refractivity contribution is 0.0700. The minimum absolute atomic E-state index is 0.0727. The number of likely N-dealkylation sites (tertiary alicyclic amines) is 1. The Bertz CT molecular complexity index is 947. The van der Waals surface area contributed by atoms with Crippen LogP contribution in [0.2, 0.25) is 0 Å². The van der Waals surface area contributed by atoms with Gasteiger partial charge in [0, 0.05) is 25.2 Å². The highest BCUT2D eigenvalue weighted by Crippen LogP contribution is 2.30. The van der Waals surface area contributed by atoms with Crippen molar-refractivity contribution in [1.29, 1.82) is 0 Å². The highest BCUT2D eigenvalue weighted by atomic mass is 32.1. The standard InChI is InChI=1S/C20H25N5OS/c1-13(2)25-19-16(11-22-25)15(10-17(23-19)18-7-5-9-27-18)20(26)24-8-4-6-14(12-24)21-3/h5,7,9-11,13-14,21H,4,6,8,12H2,1-3H3. The van der Waals surface area contributed by atoms with Gasteiger partial charge in [0.2, 0.25) is 0 Å². The van der Waals surface area contributed by atoms with Crippen LogP contribution in [-0.2, 0) is 0 Å². The summed E-state index contributed by atoms with van der Waals surface area (Å²) < 4.78 is 1.90. The molecule has 0 saturated carbocycles. The molecule has 1 aliphatic heterocycles. The van der Waals surface area contributed by atoms with Crippen LogP contribution in [0.4, 0.5) is 0 Å². The lowest BCUT2D eigenvalue weighted by Crippen LogP contribution is -2.47. The van der Waals surface area contributed by atoms with Crippen LogP contribution in [0.5, 0.6) is 0 Å². The molecule has 4 rings (SSSR count). The van der Waals surface area contributed by atoms with Crippen LogP contribution in [0.25, 0.3) is 21.6 Å². The maximum atomic E-state index is 13.4. The number of carbonyl (C=O) groups is 1. The predicted octanol–water partition coefficient (Wildman–Crippen LogP) is 3.56. The van der Waals surface area contributed by atoms with Gasteiger partial charge in [-0.15, -0.1) is 11.3 Å². The Morgan fingerprint density at radius 2 is 2.26 bits per heavy atom. The number of nitrogens with zero attached hydrogens (tertiary/aromatic N) is 4. The highest BCUT2D eigenvalue weighted by Gasteiger charge is 2.26. The van der Waals surface area contributed by atoms with Crippen molar-refractivity contribution in [3.05, 3.63) is 35.3 Å². The van der Waals surface area contributed by atoms with Gasteiger partial charge in [-0.1, -0.05) is 6.07 Å². The van der Waals surface area contributed by atoms with Gasteiger partial charge in [-0.05, 0) is 51.2 Å². The van der Waals surface area contributed by atoms with Crippen LogP contribution >= 0.6 is 11.3 Å². The molecule has 0 spiro atoms. The Labute approximate surface area is 163 Å². The molecule has 3 aromatic heterocycles. The number of piperidine rings is 1. The van der Waals surface area contributed by atoms with Crippen molar-refractivity contribution in [2.75, 3.05) is 20.1 Å². The molecule has 0 radical (unpaired) electrons. The van der Waals surface area contributed by atoms with Crippen molar-refractivity contribution < 1.29 is 4.79 Å². The van der Waals surface area contributed by atoms with E-state index >= 15 is 0 Å². The molecule has 3 aromatic rings. The summed E-state index contributed by atoms with van der Waals surface area (Å²) in [7, 11) is 1.96. The van der Waals surface area contributed by atoms with Gasteiger partial charge >= 0.3 is 0 Å². The van der Waals surface area contributed by atoms with Gasteiger partial charge < -0.3 is 10.2 Å². The zero-order chi connectivity index (χ0) is 19.0. The molecule has 0 aliphatic carbocycles. The Balaban J connectivity index is 1.82. The molecular weight excluding hydrogens is 358 g/mol. The van der Waals surface area contributed by atoms with Crippen LogP contribution in [0, 0.1) is 0 Å². The fourth-order valence-electron chi connectivity index (χ4n) is 3.69. The molecule has 1 aliphatic rings. The second-order valence-corrected chi connectivity index (χ2v) is 8.28. The van der Waals surface area contributed by atoms with Crippen LogP contribution in [0.3, 0.4) is 0 Å². The lowest BCUT2D eigenvalue weighted by Gasteiger charge is -2.32. The van der Waals surface area contributed by atoms with E-state index < -0.39 is 0 Å². The Hall–Kier alpha value is -2.25. The maximum Gasteiger partial charge on any atom is 0.254 e. The smallest absolute Gasteiger partial charge is 0.254 e. The van der Waals surface area contributed by atoms with Gasteiger partial charge in [0.1, 0.15) is 0 Å². The molecule has 1 atom stereocenters. The minimum atomic E-state index is 0.0727. The number of carbonyl (C=O) groups excluding carboxylic acids is 1. The number of pyridine rings is 1. The van der Waals surface area contributed by atoms with Gasteiger partial charge in [-0.25, -0.2) is 9.67 Å². The fraction of sp³-hybridized carbons (Fsp3) is 0.450. The highest BCUT2D eigenvalue weighted by molar-refractivity contribution is 7.13. The Kier molecular flexibility index (Phi) is 4.97. The zero-order valence-electron chi connectivity index (χ0n) is 16.0. The molecule has 4 heterocycles. The predicted molar refractivity (Wildman–Crippen MR) is 109 cm³/mol. The summed E-state index contributed by atoms with van der Waals surface area (Å²) in [5.41, 5.74) is 2.32. The van der Waals surface area contributed by atoms with E-state index in [0.29, 0.717) is 11.6 Å². The number of nitrogens with one attached hydrogen (secondary N) is 1. The molecule has 1 amide bonds. The van der Waals surface area contributed by atoms with Crippen molar-refractivity contribution in [2.45, 2.75) is 38.8 Å². The SMILES string of the molecule is CNC1CCCN(C(=O)c2cc(-c3cccs3)nc3c2cnn3C(C)C)C1. The van der Waals surface area contributed by atoms with E-state index in [2.05, 4.69) is 24.3 Å². The molecule has 0 bridgehead atoms. The number of thiophene rings is 1. The van der Waals surface area contributed by atoms with Crippen LogP contribution in [0.15, 0.2) is 29.8 Å². The van der Waals surface area contributed by atoms with Gasteiger partial charge in [-0.2, -0.15) is 5.10 Å². The average Bonchev–Trinajstić information content (AvgIpc) is 3.36. The number of likely N-dealkylation sites (N-methyl/N-ethyl adjacent to an activating group) is 1. The molecule has 1 saturated heterocycles. The number of amides is 1. The van der Waals surface area contributed by atoms with E-state index in [1.807, 2.05) is 40.2 Å². The zero-order valence-corrected chi connectivity index (χ0v) is 16.8. The lowest BCUT2D eigenvalue weighted by atomic mass is 10.0. The number of fused-ring (bicyclic) bond motifs is 1. The molecule has 1 fully saturated rings. The second kappa shape index (κ2) is 7.40. The first-order chi connectivity index (χ1) is 13.1. The summed E-state index contributed by atoms with van der Waals surface area (Å²) in [5.74, 6) is 0.0727. The molecule has 1 unspecified atom stereocenters. The quantitative estimate of drug-likeness (QED) is 0.748. The summed E-state index contributed by atoms with van der Waals surface area (Å²) >= 11 is 1.63. The van der Waals surface area contributed by atoms with Crippen molar-refractivity contribution in [3.8, 4) is 10.6 Å². The number of rotatable bonds is 4. The monoisotopic (exact) mass is 383 g/mol. The van der Waals surface area contributed by atoms with Crippen LogP contribution in [0.1, 0.15) is 43.1 Å². The second-order valence-electron chi connectivity index (χ2n) is 7.33. The van der Waals surface area contributed by atoms with Crippen LogP contribution in [-0.4, -0.2) is 51.8 Å². The van der Waals surface area contributed by atoms with Gasteiger partial charge in [0.25, 0.3) is 5.91 Å². The van der Waals surface area contributed by atoms with E-state index in [4.69, 9.17) is 4.98 Å². The minimum Gasteiger partial charge on any atom is -0.337 e. The molecule has 1 N–H and O–H groups in total. The fourth-order valence-corrected chi connectivity index (χ4v) is 4.38. The van der Waals surface area contributed by atoms with Crippen molar-refractivity contribution in [2.24, 2.45) is 0 Å². The molecule has 142 valence electrons. The summed E-state index contributed by atoms with van der Waals surface area (Å²) in [5, 5.41) is 10.7. The topological polar surface area (TPSA) is 63.1 Å². The van der Waals surface area contributed by atoms with Gasteiger partial charge in [0.05, 0.1) is 27.7 Å². The van der Waals surface area contributed by atoms with Gasteiger partial charge in [-0.3, -0.25) is 4.79 Å². The Morgan fingerprint density at radius 3 is 2.96 bits per heavy atom. The van der Waals surface area contributed by atoms with Gasteiger partial charge in [0.15, 0.2) is 5.65 Å². The molecular formula is C20H25N5OS. The average molecular weight is 384 g/mol. The third-order valence-corrected chi connectivity index (χ3v) is 6.07. The van der Waals surface area contributed by atoms with E-state index in [0.717, 1.165) is 47.5 Å². The number of hydrogen-bond donors (Lipinski definition) is 1. The van der Waals surface area contributed by atoms with E-state index in [1.54, 1.807) is 17.5 Å². The van der Waals surface area contributed by atoms with E-state index in [-0.39, 0.29) is 11.9 Å². The number of aromatic nitrogens is 3. The summed E-state index contributed by atoms with van der Waals surface area (Å²) in [6.07, 6.45) is 3.92. The Morgan fingerprint density at radius 1 is 1.41 bits per heavy atom.